The summed E-state index contributed by atoms with van der Waals surface area (Å²) in [7, 11) is 0. The second kappa shape index (κ2) is 3.52. The maximum absolute atomic E-state index is 10.4. The van der Waals surface area contributed by atoms with Crippen molar-refractivity contribution in [2.75, 3.05) is 0 Å². The zero-order valence-corrected chi connectivity index (χ0v) is 8.91. The van der Waals surface area contributed by atoms with Crippen molar-refractivity contribution in [3.8, 4) is 10.0 Å². The molecule has 1 N–H and O–H groups in total. The second-order valence-corrected chi connectivity index (χ2v) is 4.85. The van der Waals surface area contributed by atoms with Crippen LogP contribution in [0.25, 0.3) is 10.0 Å². The molecule has 6 nitrogen and oxygen atoms in total. The molecule has 0 saturated heterocycles. The summed E-state index contributed by atoms with van der Waals surface area (Å²) in [5.74, 6) is 0. The highest BCUT2D eigenvalue weighted by Gasteiger charge is 2.14. The second-order valence-electron chi connectivity index (χ2n) is 2.18. The number of nitrogens with zero attached hydrogens (tertiary/aromatic N) is 3. The van der Waals surface area contributed by atoms with E-state index < -0.39 is 4.92 Å². The van der Waals surface area contributed by atoms with Crippen LogP contribution < -0.4 is 0 Å². The molecular weight excluding hydrogens is 244 g/mol. The van der Waals surface area contributed by atoms with Gasteiger partial charge in [-0.15, -0.1) is 0 Å². The fraction of sp³-hybridized carbons (Fsp3) is 0. The highest BCUT2D eigenvalue weighted by molar-refractivity contribution is 7.73. The van der Waals surface area contributed by atoms with Gasteiger partial charge in [0, 0.05) is 0 Å². The lowest BCUT2D eigenvalue weighted by Gasteiger charge is -1.81. The number of thiazole rings is 1. The maximum Gasteiger partial charge on any atom is 0.344 e. The third-order valence-corrected chi connectivity index (χ3v) is 3.48. The van der Waals surface area contributed by atoms with Crippen molar-refractivity contribution >= 4 is 39.9 Å². The Labute approximate surface area is 90.4 Å². The summed E-state index contributed by atoms with van der Waals surface area (Å²) in [6.07, 6.45) is 1.21. The van der Waals surface area contributed by atoms with Crippen LogP contribution in [-0.4, -0.2) is 20.1 Å². The van der Waals surface area contributed by atoms with Gasteiger partial charge in [-0.2, -0.15) is 5.10 Å². The van der Waals surface area contributed by atoms with Crippen LogP contribution in [-0.2, 0) is 0 Å². The standard InChI is InChI=1S/C5H2N4O2S3/c10-9(11)2-1-6-3(13-2)4-7-8-5(12)14-4/h1H,(H,8,12). The number of aromatic nitrogens is 3. The van der Waals surface area contributed by atoms with Gasteiger partial charge in [-0.1, -0.05) is 11.3 Å². The van der Waals surface area contributed by atoms with E-state index in [4.69, 9.17) is 12.2 Å². The third-order valence-electron chi connectivity index (χ3n) is 1.29. The Morgan fingerprint density at radius 3 is 2.79 bits per heavy atom. The third kappa shape index (κ3) is 1.69. The Morgan fingerprint density at radius 1 is 1.50 bits per heavy atom. The Bertz CT molecular complexity index is 527. The summed E-state index contributed by atoms with van der Waals surface area (Å²) < 4.78 is 0.526. The van der Waals surface area contributed by atoms with Crippen LogP contribution in [0.4, 0.5) is 5.00 Å². The van der Waals surface area contributed by atoms with E-state index in [0.29, 0.717) is 14.0 Å². The van der Waals surface area contributed by atoms with Crippen LogP contribution >= 0.6 is 34.9 Å². The minimum atomic E-state index is -0.479. The number of hydrogen-bond donors (Lipinski definition) is 1. The van der Waals surface area contributed by atoms with E-state index in [2.05, 4.69) is 15.2 Å². The van der Waals surface area contributed by atoms with Gasteiger partial charge in [0.25, 0.3) is 0 Å². The fourth-order valence-electron chi connectivity index (χ4n) is 0.770. The molecule has 2 heterocycles. The largest absolute Gasteiger partial charge is 0.344 e. The van der Waals surface area contributed by atoms with Crippen LogP contribution in [0.5, 0.6) is 0 Å². The Kier molecular flexibility index (Phi) is 2.35. The van der Waals surface area contributed by atoms with Gasteiger partial charge in [0.15, 0.2) is 14.0 Å². The normalized spacial score (nSPS) is 10.3. The molecule has 2 aromatic heterocycles. The minimum Gasteiger partial charge on any atom is -0.258 e. The SMILES string of the molecule is O=[N+]([O-])c1cnc(-c2n[nH]c(=S)s2)s1. The highest BCUT2D eigenvalue weighted by Crippen LogP contribution is 2.30. The van der Waals surface area contributed by atoms with Crippen molar-refractivity contribution in [1.82, 2.24) is 15.2 Å². The first-order chi connectivity index (χ1) is 6.66. The van der Waals surface area contributed by atoms with Gasteiger partial charge in [0.1, 0.15) is 6.20 Å². The molecule has 0 aliphatic rings. The summed E-state index contributed by atoms with van der Waals surface area (Å²) in [5, 5.41) is 17.9. The Morgan fingerprint density at radius 2 is 2.29 bits per heavy atom. The van der Waals surface area contributed by atoms with Gasteiger partial charge >= 0.3 is 5.00 Å². The van der Waals surface area contributed by atoms with E-state index in [9.17, 15) is 10.1 Å². The summed E-state index contributed by atoms with van der Waals surface area (Å²) >= 11 is 7.05. The smallest absolute Gasteiger partial charge is 0.258 e. The Hall–Kier alpha value is -1.19. The average Bonchev–Trinajstić information content (AvgIpc) is 2.70. The first-order valence-electron chi connectivity index (χ1n) is 3.33. The van der Waals surface area contributed by atoms with Crippen molar-refractivity contribution in [2.24, 2.45) is 0 Å². The van der Waals surface area contributed by atoms with E-state index in [1.807, 2.05) is 0 Å². The molecule has 0 amide bonds. The first kappa shape index (κ1) is 9.37. The molecule has 0 radical (unpaired) electrons. The number of hydrogen-bond acceptors (Lipinski definition) is 7. The zero-order valence-electron chi connectivity index (χ0n) is 6.46. The van der Waals surface area contributed by atoms with Crippen LogP contribution in [0.3, 0.4) is 0 Å². The highest BCUT2D eigenvalue weighted by atomic mass is 32.1. The number of rotatable bonds is 2. The van der Waals surface area contributed by atoms with E-state index in [0.717, 1.165) is 11.3 Å². The van der Waals surface area contributed by atoms with E-state index in [-0.39, 0.29) is 5.00 Å². The molecule has 0 aromatic carbocycles. The number of nitrogens with one attached hydrogen (secondary N) is 1. The summed E-state index contributed by atoms with van der Waals surface area (Å²) in [4.78, 5) is 13.8. The molecule has 14 heavy (non-hydrogen) atoms. The van der Waals surface area contributed by atoms with Crippen LogP contribution in [0.15, 0.2) is 6.20 Å². The van der Waals surface area contributed by atoms with Crippen molar-refractivity contribution in [3.63, 3.8) is 0 Å². The molecule has 0 aliphatic heterocycles. The quantitative estimate of drug-likeness (QED) is 0.499. The maximum atomic E-state index is 10.4. The molecule has 2 aromatic rings. The lowest BCUT2D eigenvalue weighted by molar-refractivity contribution is -0.380. The van der Waals surface area contributed by atoms with Gasteiger partial charge in [0.05, 0.1) is 4.92 Å². The van der Waals surface area contributed by atoms with Gasteiger partial charge in [-0.25, -0.2) is 4.98 Å². The fourth-order valence-corrected chi connectivity index (χ4v) is 2.42. The molecule has 0 fully saturated rings. The topological polar surface area (TPSA) is 84.7 Å². The molecular formula is C5H2N4O2S3. The molecule has 0 atom stereocenters. The number of H-pyrrole nitrogens is 1. The van der Waals surface area contributed by atoms with Crippen molar-refractivity contribution in [2.45, 2.75) is 0 Å². The lowest BCUT2D eigenvalue weighted by atomic mass is 10.7. The lowest BCUT2D eigenvalue weighted by Crippen LogP contribution is -1.80. The van der Waals surface area contributed by atoms with Gasteiger partial charge < -0.3 is 0 Å². The van der Waals surface area contributed by atoms with Crippen molar-refractivity contribution in [1.29, 1.82) is 0 Å². The van der Waals surface area contributed by atoms with Gasteiger partial charge in [-0.3, -0.25) is 15.2 Å². The van der Waals surface area contributed by atoms with Crippen LogP contribution in [0, 0.1) is 14.1 Å². The van der Waals surface area contributed by atoms with Crippen molar-refractivity contribution in [3.05, 3.63) is 20.3 Å². The van der Waals surface area contributed by atoms with E-state index in [1.54, 1.807) is 0 Å². The van der Waals surface area contributed by atoms with E-state index >= 15 is 0 Å². The summed E-state index contributed by atoms with van der Waals surface area (Å²) in [6.45, 7) is 0. The van der Waals surface area contributed by atoms with E-state index in [1.165, 1.54) is 17.5 Å². The molecule has 0 saturated carbocycles. The van der Waals surface area contributed by atoms with Crippen LogP contribution in [0.1, 0.15) is 0 Å². The monoisotopic (exact) mass is 246 g/mol. The number of nitro groups is 1. The zero-order chi connectivity index (χ0) is 10.1. The molecule has 72 valence electrons. The average molecular weight is 246 g/mol. The molecule has 0 spiro atoms. The Balaban J connectivity index is 2.43. The van der Waals surface area contributed by atoms with Crippen molar-refractivity contribution < 1.29 is 4.92 Å². The first-order valence-corrected chi connectivity index (χ1v) is 5.37. The predicted molar refractivity (Wildman–Crippen MR) is 55.1 cm³/mol. The molecule has 0 unspecified atom stereocenters. The summed E-state index contributed by atoms with van der Waals surface area (Å²) in [5.41, 5.74) is 0. The van der Waals surface area contributed by atoms with Crippen LogP contribution in [0.2, 0.25) is 0 Å². The number of aromatic amines is 1. The van der Waals surface area contributed by atoms with Gasteiger partial charge in [-0.05, 0) is 23.6 Å². The molecule has 0 aliphatic carbocycles. The summed E-state index contributed by atoms with van der Waals surface area (Å²) in [6, 6.07) is 0. The van der Waals surface area contributed by atoms with Gasteiger partial charge in [0.2, 0.25) is 0 Å². The molecule has 0 bridgehead atoms. The molecule has 2 rings (SSSR count). The molecule has 9 heteroatoms. The minimum absolute atomic E-state index is 0.00104. The predicted octanol–water partition coefficient (Wildman–Crippen LogP) is 2.23.